The van der Waals surface area contributed by atoms with Crippen LogP contribution in [0.4, 0.5) is 4.39 Å². The number of carboxylic acids is 1. The third-order valence-corrected chi connectivity index (χ3v) is 2.63. The maximum Gasteiger partial charge on any atom is 0.336 e. The molecule has 0 aliphatic rings. The zero-order chi connectivity index (χ0) is 13.5. The molecule has 0 fully saturated rings. The van der Waals surface area contributed by atoms with Crippen LogP contribution in [0.5, 0.6) is 0 Å². The van der Waals surface area contributed by atoms with E-state index in [0.29, 0.717) is 18.7 Å². The molecule has 1 N–H and O–H groups in total. The van der Waals surface area contributed by atoms with E-state index in [9.17, 15) is 9.18 Å². The first-order chi connectivity index (χ1) is 8.54. The molecule has 0 unspecified atom stereocenters. The van der Waals surface area contributed by atoms with E-state index in [0.717, 1.165) is 19.0 Å². The molecule has 0 saturated carbocycles. The van der Waals surface area contributed by atoms with Gasteiger partial charge in [-0.1, -0.05) is 6.07 Å². The molecule has 0 atom stereocenters. The molecule has 0 heterocycles. The quantitative estimate of drug-likeness (QED) is 0.757. The van der Waals surface area contributed by atoms with Crippen molar-refractivity contribution in [3.05, 3.63) is 35.1 Å². The molecule has 0 aromatic heterocycles. The van der Waals surface area contributed by atoms with Gasteiger partial charge in [0.2, 0.25) is 0 Å². The Hall–Kier alpha value is -1.46. The lowest BCUT2D eigenvalue weighted by atomic mass is 10.1. The van der Waals surface area contributed by atoms with Gasteiger partial charge in [0.25, 0.3) is 0 Å². The molecule has 0 aliphatic heterocycles. The molecule has 100 valence electrons. The summed E-state index contributed by atoms with van der Waals surface area (Å²) in [5.74, 6) is -1.63. The van der Waals surface area contributed by atoms with Gasteiger partial charge in [-0.25, -0.2) is 9.18 Å². The number of aromatic carboxylic acids is 1. The largest absolute Gasteiger partial charge is 0.478 e. The van der Waals surface area contributed by atoms with Gasteiger partial charge in [0.15, 0.2) is 0 Å². The van der Waals surface area contributed by atoms with Crippen molar-refractivity contribution in [1.82, 2.24) is 4.90 Å². The number of ether oxygens (including phenoxy) is 1. The fraction of sp³-hybridized carbons (Fsp3) is 0.462. The molecule has 0 spiro atoms. The third kappa shape index (κ3) is 4.43. The van der Waals surface area contributed by atoms with Crippen molar-refractivity contribution in [2.24, 2.45) is 0 Å². The number of nitrogens with zero attached hydrogens (tertiary/aromatic N) is 1. The summed E-state index contributed by atoms with van der Waals surface area (Å²) in [5.41, 5.74) is 0.636. The van der Waals surface area contributed by atoms with E-state index in [-0.39, 0.29) is 5.56 Å². The third-order valence-electron chi connectivity index (χ3n) is 2.63. The molecule has 1 aromatic carbocycles. The molecule has 5 heteroatoms. The number of hydrogen-bond acceptors (Lipinski definition) is 3. The maximum atomic E-state index is 13.0. The molecule has 0 bridgehead atoms. The highest BCUT2D eigenvalue weighted by Crippen LogP contribution is 2.13. The Morgan fingerprint density at radius 2 is 2.22 bits per heavy atom. The molecule has 0 aliphatic carbocycles. The molecule has 0 saturated heterocycles. The van der Waals surface area contributed by atoms with Crippen molar-refractivity contribution in [1.29, 1.82) is 0 Å². The summed E-state index contributed by atoms with van der Waals surface area (Å²) in [6.07, 6.45) is 0.872. The Balaban J connectivity index is 2.68. The molecular weight excluding hydrogens is 237 g/mol. The maximum absolute atomic E-state index is 13.0. The fourth-order valence-corrected chi connectivity index (χ4v) is 1.73. The van der Waals surface area contributed by atoms with Crippen LogP contribution in [-0.2, 0) is 11.3 Å². The van der Waals surface area contributed by atoms with Crippen molar-refractivity contribution < 1.29 is 19.0 Å². The van der Waals surface area contributed by atoms with E-state index in [1.165, 1.54) is 12.1 Å². The predicted molar refractivity (Wildman–Crippen MR) is 66.2 cm³/mol. The van der Waals surface area contributed by atoms with E-state index in [1.54, 1.807) is 7.11 Å². The van der Waals surface area contributed by atoms with Gasteiger partial charge in [-0.2, -0.15) is 0 Å². The Bertz CT molecular complexity index is 409. The number of methoxy groups -OCH3 is 1. The monoisotopic (exact) mass is 255 g/mol. The lowest BCUT2D eigenvalue weighted by Crippen LogP contribution is -2.21. The fourth-order valence-electron chi connectivity index (χ4n) is 1.73. The Labute approximate surface area is 106 Å². The lowest BCUT2D eigenvalue weighted by molar-refractivity contribution is 0.0694. The second-order valence-corrected chi connectivity index (χ2v) is 4.19. The highest BCUT2D eigenvalue weighted by Gasteiger charge is 2.12. The predicted octanol–water partition coefficient (Wildman–Crippen LogP) is 1.99. The second kappa shape index (κ2) is 7.08. The molecule has 1 rings (SSSR count). The van der Waals surface area contributed by atoms with Crippen molar-refractivity contribution in [2.75, 3.05) is 27.3 Å². The molecular formula is C13H18FNO3. The first-order valence-electron chi connectivity index (χ1n) is 5.73. The normalized spacial score (nSPS) is 10.9. The van der Waals surface area contributed by atoms with Crippen molar-refractivity contribution in [3.63, 3.8) is 0 Å². The number of halogens is 1. The summed E-state index contributed by atoms with van der Waals surface area (Å²) < 4.78 is 17.9. The minimum atomic E-state index is -1.10. The average molecular weight is 255 g/mol. The van der Waals surface area contributed by atoms with Gasteiger partial charge in [0.05, 0.1) is 5.56 Å². The van der Waals surface area contributed by atoms with Crippen LogP contribution in [0, 0.1) is 5.82 Å². The number of carboxylic acid groups (broad SMARTS) is 1. The first kappa shape index (κ1) is 14.6. The Morgan fingerprint density at radius 3 is 2.83 bits per heavy atom. The summed E-state index contributed by atoms with van der Waals surface area (Å²) in [6.45, 7) is 1.94. The number of benzene rings is 1. The van der Waals surface area contributed by atoms with Gasteiger partial charge < -0.3 is 14.7 Å². The zero-order valence-electron chi connectivity index (χ0n) is 10.6. The molecule has 4 nitrogen and oxygen atoms in total. The second-order valence-electron chi connectivity index (χ2n) is 4.19. The summed E-state index contributed by atoms with van der Waals surface area (Å²) in [7, 11) is 3.53. The number of carbonyl (C=O) groups is 1. The van der Waals surface area contributed by atoms with Crippen LogP contribution in [-0.4, -0.2) is 43.3 Å². The van der Waals surface area contributed by atoms with E-state index in [1.807, 2.05) is 11.9 Å². The molecule has 18 heavy (non-hydrogen) atoms. The van der Waals surface area contributed by atoms with Gasteiger partial charge >= 0.3 is 5.97 Å². The van der Waals surface area contributed by atoms with Crippen LogP contribution in [0.3, 0.4) is 0 Å². The van der Waals surface area contributed by atoms with Gasteiger partial charge in [0, 0.05) is 26.8 Å². The smallest absolute Gasteiger partial charge is 0.336 e. The summed E-state index contributed by atoms with van der Waals surface area (Å²) in [4.78, 5) is 13.0. The van der Waals surface area contributed by atoms with Gasteiger partial charge in [-0.3, -0.25) is 0 Å². The lowest BCUT2D eigenvalue weighted by Gasteiger charge is -2.17. The van der Waals surface area contributed by atoms with Crippen LogP contribution in [0.1, 0.15) is 22.3 Å². The number of hydrogen-bond donors (Lipinski definition) is 1. The minimum absolute atomic E-state index is 0.0218. The van der Waals surface area contributed by atoms with Crippen LogP contribution >= 0.6 is 0 Å². The van der Waals surface area contributed by atoms with Crippen LogP contribution < -0.4 is 0 Å². The summed E-state index contributed by atoms with van der Waals surface area (Å²) in [5, 5.41) is 9.01. The van der Waals surface area contributed by atoms with E-state index in [2.05, 4.69) is 0 Å². The first-order valence-corrected chi connectivity index (χ1v) is 5.73. The van der Waals surface area contributed by atoms with Crippen molar-refractivity contribution >= 4 is 5.97 Å². The summed E-state index contributed by atoms with van der Waals surface area (Å²) >= 11 is 0. The topological polar surface area (TPSA) is 49.8 Å². The van der Waals surface area contributed by atoms with E-state index >= 15 is 0 Å². The number of rotatable bonds is 7. The van der Waals surface area contributed by atoms with Gasteiger partial charge in [-0.05, 0) is 31.2 Å². The Morgan fingerprint density at radius 1 is 1.50 bits per heavy atom. The highest BCUT2D eigenvalue weighted by molar-refractivity contribution is 5.89. The molecule has 0 radical (unpaired) electrons. The summed E-state index contributed by atoms with van der Waals surface area (Å²) in [6, 6.07) is 3.86. The van der Waals surface area contributed by atoms with Crippen LogP contribution in [0.15, 0.2) is 18.2 Å². The molecule has 1 aromatic rings. The van der Waals surface area contributed by atoms with Crippen LogP contribution in [0.25, 0.3) is 0 Å². The van der Waals surface area contributed by atoms with E-state index < -0.39 is 11.8 Å². The SMILES string of the molecule is COCCCN(C)Cc1ccc(F)cc1C(=O)O. The van der Waals surface area contributed by atoms with E-state index in [4.69, 9.17) is 9.84 Å². The van der Waals surface area contributed by atoms with Gasteiger partial charge in [0.1, 0.15) is 5.82 Å². The highest BCUT2D eigenvalue weighted by atomic mass is 19.1. The van der Waals surface area contributed by atoms with Crippen LogP contribution in [0.2, 0.25) is 0 Å². The van der Waals surface area contributed by atoms with Crippen molar-refractivity contribution in [3.8, 4) is 0 Å². The molecule has 0 amide bonds. The zero-order valence-corrected chi connectivity index (χ0v) is 10.6. The van der Waals surface area contributed by atoms with Crippen molar-refractivity contribution in [2.45, 2.75) is 13.0 Å². The Kier molecular flexibility index (Phi) is 5.74. The van der Waals surface area contributed by atoms with Gasteiger partial charge in [-0.15, -0.1) is 0 Å². The minimum Gasteiger partial charge on any atom is -0.478 e. The standard InChI is InChI=1S/C13H18FNO3/c1-15(6-3-7-18-2)9-10-4-5-11(14)8-12(10)13(16)17/h4-5,8H,3,6-7,9H2,1-2H3,(H,16,17). The average Bonchev–Trinajstić information content (AvgIpc) is 2.31.